The van der Waals surface area contributed by atoms with E-state index in [0.717, 1.165) is 12.8 Å². The van der Waals surface area contributed by atoms with Crippen LogP contribution in [0.1, 0.15) is 16.7 Å². The SMILES string of the molecule is C=NC(Cc1ccccc1)Cc1ccccc1C. The van der Waals surface area contributed by atoms with Crippen molar-refractivity contribution in [3.8, 4) is 0 Å². The summed E-state index contributed by atoms with van der Waals surface area (Å²) in [5.74, 6) is 0. The first-order chi connectivity index (χ1) is 8.79. The molecule has 0 aliphatic rings. The summed E-state index contributed by atoms with van der Waals surface area (Å²) in [4.78, 5) is 4.27. The molecule has 0 saturated carbocycles. The van der Waals surface area contributed by atoms with E-state index in [1.54, 1.807) is 0 Å². The molecule has 2 aromatic carbocycles. The van der Waals surface area contributed by atoms with E-state index in [-0.39, 0.29) is 6.04 Å². The van der Waals surface area contributed by atoms with E-state index in [4.69, 9.17) is 0 Å². The fraction of sp³-hybridized carbons (Fsp3) is 0.235. The summed E-state index contributed by atoms with van der Waals surface area (Å²) in [5.41, 5.74) is 4.02. The van der Waals surface area contributed by atoms with E-state index < -0.39 is 0 Å². The molecule has 2 rings (SSSR count). The van der Waals surface area contributed by atoms with Crippen molar-refractivity contribution in [1.29, 1.82) is 0 Å². The lowest BCUT2D eigenvalue weighted by Crippen LogP contribution is -2.12. The summed E-state index contributed by atoms with van der Waals surface area (Å²) in [7, 11) is 0. The molecule has 18 heavy (non-hydrogen) atoms. The predicted octanol–water partition coefficient (Wildman–Crippen LogP) is 3.85. The molecule has 1 unspecified atom stereocenters. The minimum Gasteiger partial charge on any atom is -0.297 e. The summed E-state index contributed by atoms with van der Waals surface area (Å²) in [6, 6.07) is 19.2. The number of aryl methyl sites for hydroxylation is 1. The van der Waals surface area contributed by atoms with E-state index in [2.05, 4.69) is 67.2 Å². The minimum absolute atomic E-state index is 0.258. The molecule has 0 aromatic heterocycles. The average Bonchev–Trinajstić information content (AvgIpc) is 2.41. The van der Waals surface area contributed by atoms with Gasteiger partial charge in [0.05, 0.1) is 6.04 Å². The van der Waals surface area contributed by atoms with Gasteiger partial charge in [-0.05, 0) is 43.2 Å². The second-order valence-electron chi connectivity index (χ2n) is 4.66. The average molecular weight is 237 g/mol. The third-order valence-electron chi connectivity index (χ3n) is 3.29. The van der Waals surface area contributed by atoms with E-state index >= 15 is 0 Å². The molecule has 0 amide bonds. The summed E-state index contributed by atoms with van der Waals surface area (Å²) < 4.78 is 0. The molecule has 0 aliphatic heterocycles. The van der Waals surface area contributed by atoms with Crippen molar-refractivity contribution in [2.45, 2.75) is 25.8 Å². The molecule has 0 fully saturated rings. The Labute approximate surface area is 109 Å². The molecule has 1 heteroatoms. The molecular formula is C17H19N. The molecular weight excluding hydrogens is 218 g/mol. The van der Waals surface area contributed by atoms with E-state index in [1.165, 1.54) is 16.7 Å². The number of hydrogen-bond donors (Lipinski definition) is 0. The monoisotopic (exact) mass is 237 g/mol. The lowest BCUT2D eigenvalue weighted by molar-refractivity contribution is 0.670. The number of benzene rings is 2. The van der Waals surface area contributed by atoms with Crippen LogP contribution in [0.3, 0.4) is 0 Å². The van der Waals surface area contributed by atoms with Gasteiger partial charge in [0.1, 0.15) is 0 Å². The van der Waals surface area contributed by atoms with E-state index in [0.29, 0.717) is 0 Å². The third-order valence-corrected chi connectivity index (χ3v) is 3.29. The maximum absolute atomic E-state index is 4.27. The highest BCUT2D eigenvalue weighted by atomic mass is 14.7. The van der Waals surface area contributed by atoms with Crippen molar-refractivity contribution in [2.24, 2.45) is 4.99 Å². The Kier molecular flexibility index (Phi) is 4.30. The van der Waals surface area contributed by atoms with Gasteiger partial charge >= 0.3 is 0 Å². The van der Waals surface area contributed by atoms with Crippen LogP contribution < -0.4 is 0 Å². The number of hydrogen-bond acceptors (Lipinski definition) is 1. The molecule has 1 nitrogen and oxygen atoms in total. The van der Waals surface area contributed by atoms with Crippen LogP contribution in [0.25, 0.3) is 0 Å². The molecule has 2 aromatic rings. The second-order valence-corrected chi connectivity index (χ2v) is 4.66. The zero-order valence-corrected chi connectivity index (χ0v) is 10.8. The molecule has 0 heterocycles. The third kappa shape index (κ3) is 3.30. The van der Waals surface area contributed by atoms with Crippen molar-refractivity contribution in [3.63, 3.8) is 0 Å². The molecule has 0 bridgehead atoms. The van der Waals surface area contributed by atoms with Gasteiger partial charge < -0.3 is 0 Å². The van der Waals surface area contributed by atoms with Crippen LogP contribution in [-0.2, 0) is 12.8 Å². The minimum atomic E-state index is 0.258. The number of rotatable bonds is 5. The zero-order chi connectivity index (χ0) is 12.8. The Morgan fingerprint density at radius 2 is 1.61 bits per heavy atom. The van der Waals surface area contributed by atoms with Crippen LogP contribution >= 0.6 is 0 Å². The molecule has 0 aliphatic carbocycles. The zero-order valence-electron chi connectivity index (χ0n) is 10.8. The van der Waals surface area contributed by atoms with Crippen LogP contribution in [0.15, 0.2) is 59.6 Å². The predicted molar refractivity (Wildman–Crippen MR) is 78.4 cm³/mol. The first-order valence-electron chi connectivity index (χ1n) is 6.34. The second kappa shape index (κ2) is 6.15. The quantitative estimate of drug-likeness (QED) is 0.700. The van der Waals surface area contributed by atoms with Crippen LogP contribution in [0.4, 0.5) is 0 Å². The smallest absolute Gasteiger partial charge is 0.0573 e. The van der Waals surface area contributed by atoms with Gasteiger partial charge in [0.25, 0.3) is 0 Å². The van der Waals surface area contributed by atoms with Gasteiger partial charge in [-0.25, -0.2) is 0 Å². The lowest BCUT2D eigenvalue weighted by Gasteiger charge is -2.13. The molecule has 0 spiro atoms. The van der Waals surface area contributed by atoms with E-state index in [1.807, 2.05) is 6.07 Å². The number of nitrogens with zero attached hydrogens (tertiary/aromatic N) is 1. The maximum atomic E-state index is 4.27. The molecule has 92 valence electrons. The molecule has 1 atom stereocenters. The fourth-order valence-electron chi connectivity index (χ4n) is 2.18. The first-order valence-corrected chi connectivity index (χ1v) is 6.34. The van der Waals surface area contributed by atoms with Crippen molar-refractivity contribution in [3.05, 3.63) is 71.3 Å². The van der Waals surface area contributed by atoms with Crippen LogP contribution in [0.2, 0.25) is 0 Å². The Balaban J connectivity index is 2.07. The van der Waals surface area contributed by atoms with Gasteiger partial charge in [-0.2, -0.15) is 0 Å². The van der Waals surface area contributed by atoms with Crippen LogP contribution in [0.5, 0.6) is 0 Å². The van der Waals surface area contributed by atoms with Gasteiger partial charge in [-0.3, -0.25) is 4.99 Å². The topological polar surface area (TPSA) is 12.4 Å². The van der Waals surface area contributed by atoms with Crippen molar-refractivity contribution < 1.29 is 0 Å². The van der Waals surface area contributed by atoms with Crippen molar-refractivity contribution >= 4 is 6.72 Å². The standard InChI is InChI=1S/C17H19N/c1-14-8-6-7-11-16(14)13-17(18-2)12-15-9-4-3-5-10-15/h3-11,17H,2,12-13H2,1H3. The number of aliphatic imine (C=N–C) groups is 1. The molecule has 0 saturated heterocycles. The first kappa shape index (κ1) is 12.6. The van der Waals surface area contributed by atoms with Crippen LogP contribution in [-0.4, -0.2) is 12.8 Å². The van der Waals surface area contributed by atoms with Gasteiger partial charge in [0.15, 0.2) is 0 Å². The van der Waals surface area contributed by atoms with Gasteiger partial charge in [0.2, 0.25) is 0 Å². The summed E-state index contributed by atoms with van der Waals surface area (Å²) >= 11 is 0. The van der Waals surface area contributed by atoms with Crippen LogP contribution in [0, 0.1) is 6.92 Å². The van der Waals surface area contributed by atoms with Gasteiger partial charge in [-0.1, -0.05) is 54.6 Å². The Hall–Kier alpha value is -1.89. The normalized spacial score (nSPS) is 12.1. The van der Waals surface area contributed by atoms with Crippen molar-refractivity contribution in [1.82, 2.24) is 0 Å². The largest absolute Gasteiger partial charge is 0.297 e. The lowest BCUT2D eigenvalue weighted by atomic mass is 9.97. The highest BCUT2D eigenvalue weighted by Crippen LogP contribution is 2.14. The maximum Gasteiger partial charge on any atom is 0.0573 e. The van der Waals surface area contributed by atoms with E-state index in [9.17, 15) is 0 Å². The molecule has 0 radical (unpaired) electrons. The summed E-state index contributed by atoms with van der Waals surface area (Å²) in [6.45, 7) is 5.88. The van der Waals surface area contributed by atoms with Gasteiger partial charge in [0, 0.05) is 0 Å². The Morgan fingerprint density at radius 1 is 0.944 bits per heavy atom. The summed E-state index contributed by atoms with van der Waals surface area (Å²) in [5, 5.41) is 0. The Morgan fingerprint density at radius 3 is 2.28 bits per heavy atom. The summed E-state index contributed by atoms with van der Waals surface area (Å²) in [6.07, 6.45) is 1.92. The fourth-order valence-corrected chi connectivity index (χ4v) is 2.18. The van der Waals surface area contributed by atoms with Crippen molar-refractivity contribution in [2.75, 3.05) is 0 Å². The highest BCUT2D eigenvalue weighted by Gasteiger charge is 2.09. The Bertz CT molecular complexity index is 502. The molecule has 0 N–H and O–H groups in total. The highest BCUT2D eigenvalue weighted by molar-refractivity contribution is 5.30. The van der Waals surface area contributed by atoms with Gasteiger partial charge in [-0.15, -0.1) is 0 Å².